The number of nitro groups is 1. The number of rotatable bonds is 6. The van der Waals surface area contributed by atoms with Gasteiger partial charge in [-0.2, -0.15) is 0 Å². The number of carbonyl (C=O) groups excluding carboxylic acids is 1. The smallest absolute Gasteiger partial charge is 0.295 e. The molecule has 0 aliphatic carbocycles. The van der Waals surface area contributed by atoms with Gasteiger partial charge in [-0.3, -0.25) is 14.9 Å². The lowest BCUT2D eigenvalue weighted by atomic mass is 10.2. The second-order valence-corrected chi connectivity index (χ2v) is 7.95. The van der Waals surface area contributed by atoms with Crippen molar-refractivity contribution in [3.63, 3.8) is 0 Å². The number of nitro benzene ring substituents is 1. The van der Waals surface area contributed by atoms with E-state index in [1.807, 2.05) is 17.5 Å². The molecule has 22 heavy (non-hydrogen) atoms. The number of thioether (sulfide) groups is 1. The van der Waals surface area contributed by atoms with Gasteiger partial charge >= 0.3 is 0 Å². The van der Waals surface area contributed by atoms with Crippen LogP contribution in [0.25, 0.3) is 0 Å². The van der Waals surface area contributed by atoms with Crippen LogP contribution in [-0.4, -0.2) is 16.6 Å². The number of nitrogens with zero attached hydrogens (tertiary/aromatic N) is 1. The van der Waals surface area contributed by atoms with Crippen LogP contribution < -0.4 is 5.32 Å². The number of halogens is 2. The van der Waals surface area contributed by atoms with Crippen molar-refractivity contribution in [2.75, 3.05) is 11.1 Å². The summed E-state index contributed by atoms with van der Waals surface area (Å²) in [5.74, 6) is 0.708. The van der Waals surface area contributed by atoms with Crippen molar-refractivity contribution >= 4 is 72.2 Å². The van der Waals surface area contributed by atoms with Crippen LogP contribution in [0.2, 0.25) is 0 Å². The molecule has 0 saturated carbocycles. The van der Waals surface area contributed by atoms with Gasteiger partial charge in [0.15, 0.2) is 0 Å². The van der Waals surface area contributed by atoms with Crippen LogP contribution in [0.1, 0.15) is 4.88 Å². The largest absolute Gasteiger partial charge is 0.319 e. The second-order valence-electron chi connectivity index (χ2n) is 4.16. The minimum atomic E-state index is -0.524. The maximum atomic E-state index is 12.0. The van der Waals surface area contributed by atoms with Crippen molar-refractivity contribution in [1.29, 1.82) is 0 Å². The Balaban J connectivity index is 2.00. The fourth-order valence-electron chi connectivity index (χ4n) is 1.64. The highest BCUT2D eigenvalue weighted by Gasteiger charge is 2.20. The molecule has 0 unspecified atom stereocenters. The van der Waals surface area contributed by atoms with E-state index in [0.29, 0.717) is 8.95 Å². The van der Waals surface area contributed by atoms with Gasteiger partial charge in [0.25, 0.3) is 5.69 Å². The van der Waals surface area contributed by atoms with Crippen molar-refractivity contribution in [3.05, 3.63) is 53.6 Å². The molecule has 1 aromatic carbocycles. The Morgan fingerprint density at radius 1 is 1.41 bits per heavy atom. The molecule has 0 fully saturated rings. The molecule has 116 valence electrons. The van der Waals surface area contributed by atoms with Gasteiger partial charge in [-0.15, -0.1) is 23.1 Å². The molecule has 0 aliphatic rings. The average molecular weight is 466 g/mol. The SMILES string of the molecule is O=C(CSCc1cccs1)Nc1c(Br)cc(Br)cc1[N+](=O)[O-]. The maximum absolute atomic E-state index is 12.0. The molecule has 0 aliphatic heterocycles. The Bertz CT molecular complexity index is 693. The Hall–Kier alpha value is -0.900. The summed E-state index contributed by atoms with van der Waals surface area (Å²) >= 11 is 9.54. The van der Waals surface area contributed by atoms with Crippen LogP contribution >= 0.6 is 55.0 Å². The molecule has 1 N–H and O–H groups in total. The van der Waals surface area contributed by atoms with Gasteiger partial charge in [-0.05, 0) is 33.4 Å². The monoisotopic (exact) mass is 464 g/mol. The van der Waals surface area contributed by atoms with Crippen LogP contribution in [0.15, 0.2) is 38.6 Å². The molecule has 0 spiro atoms. The summed E-state index contributed by atoms with van der Waals surface area (Å²) in [5, 5.41) is 15.7. The van der Waals surface area contributed by atoms with Crippen LogP contribution in [0.5, 0.6) is 0 Å². The molecule has 2 rings (SSSR count). The van der Waals surface area contributed by atoms with Gasteiger partial charge in [0.2, 0.25) is 5.91 Å². The van der Waals surface area contributed by atoms with Gasteiger partial charge in [0, 0.05) is 25.6 Å². The van der Waals surface area contributed by atoms with E-state index in [-0.39, 0.29) is 23.0 Å². The summed E-state index contributed by atoms with van der Waals surface area (Å²) in [6.45, 7) is 0. The molecule has 1 aromatic heterocycles. The number of nitrogens with one attached hydrogen (secondary N) is 1. The van der Waals surface area contributed by atoms with Crippen molar-refractivity contribution in [3.8, 4) is 0 Å². The summed E-state index contributed by atoms with van der Waals surface area (Å²) in [5.41, 5.74) is 0.0211. The van der Waals surface area contributed by atoms with Gasteiger partial charge in [-0.1, -0.05) is 22.0 Å². The Morgan fingerprint density at radius 2 is 2.18 bits per heavy atom. The highest BCUT2D eigenvalue weighted by atomic mass is 79.9. The van der Waals surface area contributed by atoms with E-state index in [9.17, 15) is 14.9 Å². The number of amides is 1. The van der Waals surface area contributed by atoms with Crippen molar-refractivity contribution in [2.45, 2.75) is 5.75 Å². The Labute approximate surface area is 151 Å². The van der Waals surface area contributed by atoms with Crippen molar-refractivity contribution < 1.29 is 9.72 Å². The quantitative estimate of drug-likeness (QED) is 0.478. The third-order valence-electron chi connectivity index (χ3n) is 2.55. The summed E-state index contributed by atoms with van der Waals surface area (Å²) < 4.78 is 1.03. The van der Waals surface area contributed by atoms with Gasteiger partial charge in [-0.25, -0.2) is 0 Å². The Kier molecular flexibility index (Phi) is 6.42. The first-order valence-electron chi connectivity index (χ1n) is 6.01. The molecule has 2 aromatic rings. The molecule has 0 radical (unpaired) electrons. The number of thiophene rings is 1. The number of benzene rings is 1. The van der Waals surface area contributed by atoms with E-state index in [1.54, 1.807) is 17.4 Å². The molecular weight excluding hydrogens is 456 g/mol. The zero-order valence-corrected chi connectivity index (χ0v) is 15.9. The lowest BCUT2D eigenvalue weighted by molar-refractivity contribution is -0.384. The minimum absolute atomic E-state index is 0.155. The van der Waals surface area contributed by atoms with E-state index in [0.717, 1.165) is 5.75 Å². The van der Waals surface area contributed by atoms with E-state index in [1.165, 1.54) is 22.7 Å². The predicted octanol–water partition coefficient (Wildman–Crippen LogP) is 5.05. The standard InChI is InChI=1S/C13H10Br2N2O3S2/c14-8-4-10(15)13(11(5-8)17(19)20)16-12(18)7-21-6-9-2-1-3-22-9/h1-5H,6-7H2,(H,16,18). The maximum Gasteiger partial charge on any atom is 0.295 e. The summed E-state index contributed by atoms with van der Waals surface area (Å²) in [4.78, 5) is 23.7. The molecular formula is C13H10Br2N2O3S2. The molecule has 0 atom stereocenters. The van der Waals surface area contributed by atoms with Crippen molar-refractivity contribution in [2.24, 2.45) is 0 Å². The molecule has 5 nitrogen and oxygen atoms in total. The number of hydrogen-bond donors (Lipinski definition) is 1. The van der Waals surface area contributed by atoms with Crippen LogP contribution in [0, 0.1) is 10.1 Å². The zero-order chi connectivity index (χ0) is 16.1. The fraction of sp³-hybridized carbons (Fsp3) is 0.154. The third kappa shape index (κ3) is 4.80. The van der Waals surface area contributed by atoms with Crippen molar-refractivity contribution in [1.82, 2.24) is 0 Å². The highest BCUT2D eigenvalue weighted by molar-refractivity contribution is 9.11. The molecule has 1 heterocycles. The van der Waals surface area contributed by atoms with Crippen LogP contribution in [0.3, 0.4) is 0 Å². The van der Waals surface area contributed by atoms with E-state index >= 15 is 0 Å². The molecule has 0 bridgehead atoms. The fourth-order valence-corrected chi connectivity index (χ4v) is 4.61. The highest BCUT2D eigenvalue weighted by Crippen LogP contribution is 2.36. The Morgan fingerprint density at radius 3 is 2.82 bits per heavy atom. The van der Waals surface area contributed by atoms with Crippen LogP contribution in [0.4, 0.5) is 11.4 Å². The number of hydrogen-bond acceptors (Lipinski definition) is 5. The molecule has 9 heteroatoms. The van der Waals surface area contributed by atoms with Gasteiger partial charge < -0.3 is 5.32 Å². The lowest BCUT2D eigenvalue weighted by Gasteiger charge is -2.08. The summed E-state index contributed by atoms with van der Waals surface area (Å²) in [7, 11) is 0. The first kappa shape index (κ1) is 17.5. The predicted molar refractivity (Wildman–Crippen MR) is 97.6 cm³/mol. The molecule has 0 saturated heterocycles. The van der Waals surface area contributed by atoms with E-state index in [2.05, 4.69) is 37.2 Å². The lowest BCUT2D eigenvalue weighted by Crippen LogP contribution is -2.15. The first-order chi connectivity index (χ1) is 10.5. The molecule has 1 amide bonds. The van der Waals surface area contributed by atoms with Gasteiger partial charge in [0.1, 0.15) is 5.69 Å². The summed E-state index contributed by atoms with van der Waals surface area (Å²) in [6, 6.07) is 6.98. The topological polar surface area (TPSA) is 72.2 Å². The number of anilines is 1. The second kappa shape index (κ2) is 8.09. The van der Waals surface area contributed by atoms with E-state index < -0.39 is 4.92 Å². The average Bonchev–Trinajstić information content (AvgIpc) is 2.94. The minimum Gasteiger partial charge on any atom is -0.319 e. The van der Waals surface area contributed by atoms with Crippen LogP contribution in [-0.2, 0) is 10.5 Å². The normalized spacial score (nSPS) is 10.5. The number of carbonyl (C=O) groups is 1. The third-order valence-corrected chi connectivity index (χ3v) is 5.68. The van der Waals surface area contributed by atoms with Gasteiger partial charge in [0.05, 0.1) is 10.7 Å². The zero-order valence-electron chi connectivity index (χ0n) is 11.0. The summed E-state index contributed by atoms with van der Waals surface area (Å²) in [6.07, 6.45) is 0. The van der Waals surface area contributed by atoms with E-state index in [4.69, 9.17) is 0 Å². The first-order valence-corrected chi connectivity index (χ1v) is 9.63.